The molecule has 0 saturated heterocycles. The number of hydrogen-bond donors (Lipinski definition) is 1. The van der Waals surface area contributed by atoms with Gasteiger partial charge in [-0.15, -0.1) is 0 Å². The van der Waals surface area contributed by atoms with Crippen LogP contribution in [0.2, 0.25) is 0 Å². The third-order valence-corrected chi connectivity index (χ3v) is 5.73. The predicted octanol–water partition coefficient (Wildman–Crippen LogP) is 4.97. The molecule has 0 fully saturated rings. The molecule has 0 aliphatic rings. The van der Waals surface area contributed by atoms with Gasteiger partial charge in [-0.25, -0.2) is 14.2 Å². The number of aromatic nitrogens is 2. The van der Waals surface area contributed by atoms with Crippen LogP contribution in [0.4, 0.5) is 9.18 Å². The van der Waals surface area contributed by atoms with E-state index in [4.69, 9.17) is 10.7 Å². The van der Waals surface area contributed by atoms with Gasteiger partial charge in [0.15, 0.2) is 0 Å². The first-order valence-corrected chi connectivity index (χ1v) is 11.6. The molecule has 1 aromatic heterocycles. The Morgan fingerprint density at radius 1 is 1.06 bits per heavy atom. The molecular weight excluding hydrogens is 429 g/mol. The maximum absolute atomic E-state index is 14.6. The minimum absolute atomic E-state index is 0.103. The Morgan fingerprint density at radius 3 is 2.18 bits per heavy atom. The van der Waals surface area contributed by atoms with E-state index in [0.717, 1.165) is 22.6 Å². The topological polar surface area (TPSA) is 67.4 Å². The molecule has 0 unspecified atom stereocenters. The average Bonchev–Trinajstić information content (AvgIpc) is 3.21. The largest absolute Gasteiger partial charge is 0.331 e. The zero-order valence-electron chi connectivity index (χ0n) is 20.8. The fourth-order valence-electron chi connectivity index (χ4n) is 4.14. The molecule has 0 saturated carbocycles. The molecule has 0 bridgehead atoms. The smallest absolute Gasteiger partial charge is 0.320 e. The van der Waals surface area contributed by atoms with E-state index in [1.807, 2.05) is 75.5 Å². The van der Waals surface area contributed by atoms with Gasteiger partial charge in [-0.3, -0.25) is 0 Å². The highest BCUT2D eigenvalue weighted by atomic mass is 19.1. The van der Waals surface area contributed by atoms with Gasteiger partial charge in [0.2, 0.25) is 0 Å². The van der Waals surface area contributed by atoms with Crippen LogP contribution in [0.5, 0.6) is 0 Å². The number of halogens is 1. The van der Waals surface area contributed by atoms with Gasteiger partial charge in [0.05, 0.1) is 18.3 Å². The van der Waals surface area contributed by atoms with Crippen LogP contribution >= 0.6 is 0 Å². The molecule has 0 aliphatic carbocycles. The Morgan fingerprint density at radius 2 is 1.65 bits per heavy atom. The zero-order chi connectivity index (χ0) is 24.9. The van der Waals surface area contributed by atoms with Gasteiger partial charge in [0.25, 0.3) is 0 Å². The number of amides is 2. The molecule has 2 N–H and O–H groups in total. The van der Waals surface area contributed by atoms with Gasteiger partial charge in [-0.05, 0) is 11.0 Å². The van der Waals surface area contributed by atoms with Crippen molar-refractivity contribution in [3.63, 3.8) is 0 Å². The van der Waals surface area contributed by atoms with E-state index in [2.05, 4.69) is 16.7 Å². The van der Waals surface area contributed by atoms with Crippen molar-refractivity contribution in [2.75, 3.05) is 27.2 Å². The summed E-state index contributed by atoms with van der Waals surface area (Å²) >= 11 is 0. The fourth-order valence-corrected chi connectivity index (χ4v) is 4.14. The number of carbonyl (C=O) groups is 1. The lowest BCUT2D eigenvalue weighted by molar-refractivity contribution is 0.0754. The molecule has 2 aromatic carbocycles. The van der Waals surface area contributed by atoms with Crippen LogP contribution in [-0.4, -0.2) is 58.7 Å². The van der Waals surface area contributed by atoms with Crippen LogP contribution in [0.3, 0.4) is 0 Å². The summed E-state index contributed by atoms with van der Waals surface area (Å²) in [5.74, 6) is 0.717. The Labute approximate surface area is 202 Å². The molecule has 182 valence electrons. The van der Waals surface area contributed by atoms with Crippen LogP contribution in [0, 0.1) is 5.41 Å². The molecular formula is C27H36FN5O. The number of imidazole rings is 1. The summed E-state index contributed by atoms with van der Waals surface area (Å²) in [5.41, 5.74) is 8.10. The van der Waals surface area contributed by atoms with Crippen molar-refractivity contribution < 1.29 is 9.18 Å². The summed E-state index contributed by atoms with van der Waals surface area (Å²) in [7, 11) is 3.35. The highest BCUT2D eigenvalue weighted by molar-refractivity contribution is 5.74. The van der Waals surface area contributed by atoms with Crippen molar-refractivity contribution in [2.45, 2.75) is 39.5 Å². The second kappa shape index (κ2) is 10.8. The third-order valence-electron chi connectivity index (χ3n) is 5.73. The van der Waals surface area contributed by atoms with E-state index in [1.165, 1.54) is 4.90 Å². The monoisotopic (exact) mass is 465 g/mol. The van der Waals surface area contributed by atoms with Gasteiger partial charge in [0.1, 0.15) is 12.0 Å². The molecule has 0 aliphatic heterocycles. The number of benzene rings is 2. The lowest BCUT2D eigenvalue weighted by Gasteiger charge is -2.41. The van der Waals surface area contributed by atoms with Crippen molar-refractivity contribution in [1.82, 2.24) is 19.4 Å². The van der Waals surface area contributed by atoms with Crippen LogP contribution in [0.1, 0.15) is 38.2 Å². The normalized spacial score (nSPS) is 13.4. The predicted molar refractivity (Wildman–Crippen MR) is 135 cm³/mol. The minimum Gasteiger partial charge on any atom is -0.331 e. The van der Waals surface area contributed by atoms with E-state index < -0.39 is 17.6 Å². The highest BCUT2D eigenvalue weighted by Gasteiger charge is 2.39. The Kier molecular flexibility index (Phi) is 8.10. The summed E-state index contributed by atoms with van der Waals surface area (Å²) in [6.07, 6.45) is 0.685. The first-order valence-electron chi connectivity index (χ1n) is 11.6. The number of nitrogens with zero attached hydrogens (tertiary/aromatic N) is 4. The highest BCUT2D eigenvalue weighted by Crippen LogP contribution is 2.39. The minimum atomic E-state index is -1.33. The molecule has 0 spiro atoms. The number of carbonyl (C=O) groups excluding carboxylic acids is 1. The molecule has 34 heavy (non-hydrogen) atoms. The number of nitrogens with two attached hydrogens (primary N) is 1. The van der Waals surface area contributed by atoms with Crippen molar-refractivity contribution in [3.8, 4) is 11.3 Å². The van der Waals surface area contributed by atoms with Crippen molar-refractivity contribution in [1.29, 1.82) is 0 Å². The van der Waals surface area contributed by atoms with E-state index >= 15 is 0 Å². The lowest BCUT2D eigenvalue weighted by Crippen LogP contribution is -2.49. The maximum Gasteiger partial charge on any atom is 0.320 e. The Hall–Kier alpha value is -3.19. The summed E-state index contributed by atoms with van der Waals surface area (Å²) in [5, 5.41) is 0. The molecule has 1 heterocycles. The summed E-state index contributed by atoms with van der Waals surface area (Å²) in [4.78, 5) is 21.4. The second-order valence-electron chi connectivity index (χ2n) is 9.89. The number of rotatable bonds is 8. The van der Waals surface area contributed by atoms with E-state index in [9.17, 15) is 9.18 Å². The van der Waals surface area contributed by atoms with Crippen molar-refractivity contribution in [2.24, 2.45) is 11.1 Å². The maximum atomic E-state index is 14.6. The van der Waals surface area contributed by atoms with Gasteiger partial charge in [0, 0.05) is 38.9 Å². The number of urea groups is 1. The Bertz CT molecular complexity index is 1060. The van der Waals surface area contributed by atoms with Gasteiger partial charge in [-0.1, -0.05) is 81.4 Å². The summed E-state index contributed by atoms with van der Waals surface area (Å²) in [6, 6.07) is 19.3. The van der Waals surface area contributed by atoms with E-state index in [1.54, 1.807) is 19.0 Å². The first kappa shape index (κ1) is 25.4. The summed E-state index contributed by atoms with van der Waals surface area (Å²) in [6.45, 7) is 6.48. The molecule has 3 aromatic rings. The van der Waals surface area contributed by atoms with Crippen molar-refractivity contribution >= 4 is 6.03 Å². The molecule has 2 atom stereocenters. The van der Waals surface area contributed by atoms with Crippen molar-refractivity contribution in [3.05, 3.63) is 78.2 Å². The molecule has 7 heteroatoms. The molecule has 0 radical (unpaired) electrons. The van der Waals surface area contributed by atoms with E-state index in [0.29, 0.717) is 6.54 Å². The first-order chi connectivity index (χ1) is 16.1. The quantitative estimate of drug-likeness (QED) is 0.511. The van der Waals surface area contributed by atoms with Gasteiger partial charge >= 0.3 is 6.03 Å². The van der Waals surface area contributed by atoms with Crippen LogP contribution in [0.25, 0.3) is 11.3 Å². The molecule has 6 nitrogen and oxygen atoms in total. The standard InChI is InChI=1S/C27H36FN5O/c1-27(2,3)24(33(18-22(28)16-29)26(34)31(4)5)25-30-23(21-14-10-7-11-15-21)19-32(25)17-20-12-8-6-9-13-20/h6-15,19,22,24H,16-18,29H2,1-5H3/t22-,24+/m1/s1. The number of alkyl halides is 1. The van der Waals surface area contributed by atoms with Gasteiger partial charge < -0.3 is 20.1 Å². The van der Waals surface area contributed by atoms with E-state index in [-0.39, 0.29) is 19.1 Å². The lowest BCUT2D eigenvalue weighted by atomic mass is 9.84. The zero-order valence-corrected chi connectivity index (χ0v) is 20.8. The van der Waals surface area contributed by atoms with Crippen LogP contribution in [-0.2, 0) is 6.54 Å². The SMILES string of the molecule is CN(C)C(=O)N(C[C@H](F)CN)[C@@H](c1nc(-c2ccccc2)cn1Cc1ccccc1)C(C)(C)C. The number of hydrogen-bond acceptors (Lipinski definition) is 3. The molecule has 3 rings (SSSR count). The van der Waals surface area contributed by atoms with Crippen LogP contribution < -0.4 is 5.73 Å². The fraction of sp³-hybridized carbons (Fsp3) is 0.407. The third kappa shape index (κ3) is 6.03. The van der Waals surface area contributed by atoms with Gasteiger partial charge in [-0.2, -0.15) is 0 Å². The molecule has 2 amide bonds. The second-order valence-corrected chi connectivity index (χ2v) is 9.89. The average molecular weight is 466 g/mol. The Balaban J connectivity index is 2.18. The summed E-state index contributed by atoms with van der Waals surface area (Å²) < 4.78 is 16.7. The van der Waals surface area contributed by atoms with Crippen LogP contribution in [0.15, 0.2) is 66.9 Å².